The third kappa shape index (κ3) is 2.37. The van der Waals surface area contributed by atoms with Crippen molar-refractivity contribution in [2.24, 2.45) is 5.92 Å². The molecule has 1 aliphatic carbocycles. The molecule has 1 aromatic heterocycles. The van der Waals surface area contributed by atoms with E-state index in [0.717, 1.165) is 16.6 Å². The minimum absolute atomic E-state index is 0.0265. The predicted molar refractivity (Wildman–Crippen MR) is 59.4 cm³/mol. The molecule has 15 heavy (non-hydrogen) atoms. The van der Waals surface area contributed by atoms with Crippen LogP contribution in [0, 0.1) is 5.92 Å². The second kappa shape index (κ2) is 4.31. The first-order valence-corrected chi connectivity index (χ1v) is 5.79. The Morgan fingerprint density at radius 1 is 1.67 bits per heavy atom. The van der Waals surface area contributed by atoms with Gasteiger partial charge in [-0.3, -0.25) is 9.78 Å². The van der Waals surface area contributed by atoms with Gasteiger partial charge in [0.25, 0.3) is 0 Å². The van der Waals surface area contributed by atoms with E-state index in [4.69, 9.17) is 4.74 Å². The number of ether oxygens (including phenoxy) is 1. The van der Waals surface area contributed by atoms with Crippen LogP contribution in [0.5, 0.6) is 0 Å². The Labute approximate surface area is 97.0 Å². The molecule has 0 aromatic carbocycles. The van der Waals surface area contributed by atoms with Crippen LogP contribution in [0.4, 0.5) is 0 Å². The Morgan fingerprint density at radius 2 is 2.47 bits per heavy atom. The van der Waals surface area contributed by atoms with E-state index in [1.165, 1.54) is 0 Å². The predicted octanol–water partition coefficient (Wildman–Crippen LogP) is 2.51. The van der Waals surface area contributed by atoms with Gasteiger partial charge >= 0.3 is 5.97 Å². The fraction of sp³-hybridized carbons (Fsp3) is 0.455. The molecule has 1 heterocycles. The summed E-state index contributed by atoms with van der Waals surface area (Å²) in [5.41, 5.74) is 0.983. The van der Waals surface area contributed by atoms with Gasteiger partial charge in [0.2, 0.25) is 0 Å². The van der Waals surface area contributed by atoms with E-state index in [0.29, 0.717) is 6.61 Å². The van der Waals surface area contributed by atoms with Crippen molar-refractivity contribution in [3.05, 3.63) is 28.5 Å². The van der Waals surface area contributed by atoms with Crippen molar-refractivity contribution in [2.75, 3.05) is 6.61 Å². The summed E-state index contributed by atoms with van der Waals surface area (Å²) in [5.74, 6) is 0.197. The molecule has 0 unspecified atom stereocenters. The molecule has 2 rings (SSSR count). The number of carbonyl (C=O) groups excluding carboxylic acids is 1. The standard InChI is InChI=1S/C11H12BrNO2/c1-2-15-11(14)9-5-8(9)10-4-3-7(12)6-13-10/h3-4,6,8-9H,2,5H2,1H3/t8-,9+/m1/s1. The van der Waals surface area contributed by atoms with Gasteiger partial charge in [-0.15, -0.1) is 0 Å². The minimum Gasteiger partial charge on any atom is -0.466 e. The third-order valence-electron chi connectivity index (χ3n) is 2.51. The van der Waals surface area contributed by atoms with Crippen molar-refractivity contribution in [2.45, 2.75) is 19.3 Å². The second-order valence-corrected chi connectivity index (χ2v) is 4.52. The Hall–Kier alpha value is -0.900. The van der Waals surface area contributed by atoms with E-state index in [1.54, 1.807) is 6.20 Å². The smallest absolute Gasteiger partial charge is 0.309 e. The van der Waals surface area contributed by atoms with Gasteiger partial charge in [0, 0.05) is 22.3 Å². The maximum Gasteiger partial charge on any atom is 0.309 e. The van der Waals surface area contributed by atoms with Gasteiger partial charge in [-0.1, -0.05) is 0 Å². The lowest BCUT2D eigenvalue weighted by atomic mass is 10.2. The highest BCUT2D eigenvalue weighted by Crippen LogP contribution is 2.47. The van der Waals surface area contributed by atoms with E-state index < -0.39 is 0 Å². The van der Waals surface area contributed by atoms with Crippen LogP contribution in [0.3, 0.4) is 0 Å². The van der Waals surface area contributed by atoms with Crippen molar-refractivity contribution >= 4 is 21.9 Å². The number of halogens is 1. The SMILES string of the molecule is CCOC(=O)[C@H]1C[C@H]1c1ccc(Br)cn1. The normalized spacial score (nSPS) is 23.6. The van der Waals surface area contributed by atoms with Gasteiger partial charge in [-0.05, 0) is 41.4 Å². The molecular formula is C11H12BrNO2. The lowest BCUT2D eigenvalue weighted by molar-refractivity contribution is -0.144. The molecular weight excluding hydrogens is 258 g/mol. The van der Waals surface area contributed by atoms with E-state index in [-0.39, 0.29) is 17.8 Å². The Balaban J connectivity index is 1.98. The molecule has 0 amide bonds. The average Bonchev–Trinajstić information content (AvgIpc) is 2.99. The fourth-order valence-electron chi connectivity index (χ4n) is 1.64. The zero-order chi connectivity index (χ0) is 10.8. The molecule has 3 nitrogen and oxygen atoms in total. The number of esters is 1. The molecule has 1 aliphatic rings. The van der Waals surface area contributed by atoms with Crippen molar-refractivity contribution in [1.82, 2.24) is 4.98 Å². The van der Waals surface area contributed by atoms with Gasteiger partial charge in [0.15, 0.2) is 0 Å². The molecule has 0 bridgehead atoms. The largest absolute Gasteiger partial charge is 0.466 e. The van der Waals surface area contributed by atoms with Gasteiger partial charge in [0.1, 0.15) is 0 Å². The highest BCUT2D eigenvalue weighted by molar-refractivity contribution is 9.10. The van der Waals surface area contributed by atoms with E-state index >= 15 is 0 Å². The van der Waals surface area contributed by atoms with Crippen molar-refractivity contribution in [1.29, 1.82) is 0 Å². The summed E-state index contributed by atoms with van der Waals surface area (Å²) >= 11 is 3.33. The zero-order valence-electron chi connectivity index (χ0n) is 8.44. The van der Waals surface area contributed by atoms with Crippen LogP contribution in [0.2, 0.25) is 0 Å². The molecule has 0 saturated heterocycles. The number of pyridine rings is 1. The quantitative estimate of drug-likeness (QED) is 0.792. The number of nitrogens with zero attached hydrogens (tertiary/aromatic N) is 1. The lowest BCUT2D eigenvalue weighted by Gasteiger charge is -2.00. The number of hydrogen-bond donors (Lipinski definition) is 0. The Kier molecular flexibility index (Phi) is 3.05. The molecule has 0 N–H and O–H groups in total. The zero-order valence-corrected chi connectivity index (χ0v) is 10.0. The molecule has 1 fully saturated rings. The van der Waals surface area contributed by atoms with Crippen LogP contribution < -0.4 is 0 Å². The Morgan fingerprint density at radius 3 is 3.07 bits per heavy atom. The van der Waals surface area contributed by atoms with Crippen LogP contribution in [0.25, 0.3) is 0 Å². The molecule has 2 atom stereocenters. The summed E-state index contributed by atoms with van der Waals surface area (Å²) in [6.45, 7) is 2.28. The highest BCUT2D eigenvalue weighted by Gasteiger charge is 2.45. The summed E-state index contributed by atoms with van der Waals surface area (Å²) in [6, 6.07) is 3.90. The summed E-state index contributed by atoms with van der Waals surface area (Å²) in [5, 5.41) is 0. The molecule has 0 radical (unpaired) electrons. The summed E-state index contributed by atoms with van der Waals surface area (Å²) < 4.78 is 5.92. The van der Waals surface area contributed by atoms with Crippen LogP contribution in [-0.4, -0.2) is 17.6 Å². The van der Waals surface area contributed by atoms with Crippen molar-refractivity contribution in [3.8, 4) is 0 Å². The van der Waals surface area contributed by atoms with Gasteiger partial charge in [-0.2, -0.15) is 0 Å². The number of carbonyl (C=O) groups is 1. The minimum atomic E-state index is -0.0905. The molecule has 1 saturated carbocycles. The highest BCUT2D eigenvalue weighted by atomic mass is 79.9. The van der Waals surface area contributed by atoms with Crippen LogP contribution >= 0.6 is 15.9 Å². The van der Waals surface area contributed by atoms with Gasteiger partial charge < -0.3 is 4.74 Å². The van der Waals surface area contributed by atoms with Gasteiger partial charge in [-0.25, -0.2) is 0 Å². The average molecular weight is 270 g/mol. The fourth-order valence-corrected chi connectivity index (χ4v) is 1.87. The molecule has 80 valence electrons. The molecule has 0 aliphatic heterocycles. The first-order chi connectivity index (χ1) is 7.22. The van der Waals surface area contributed by atoms with Gasteiger partial charge in [0.05, 0.1) is 12.5 Å². The van der Waals surface area contributed by atoms with E-state index in [1.807, 2.05) is 19.1 Å². The second-order valence-electron chi connectivity index (χ2n) is 3.60. The maximum atomic E-state index is 11.4. The third-order valence-corrected chi connectivity index (χ3v) is 2.98. The topological polar surface area (TPSA) is 39.2 Å². The number of hydrogen-bond acceptors (Lipinski definition) is 3. The van der Waals surface area contributed by atoms with E-state index in [9.17, 15) is 4.79 Å². The van der Waals surface area contributed by atoms with Crippen molar-refractivity contribution in [3.63, 3.8) is 0 Å². The summed E-state index contributed by atoms with van der Waals surface area (Å²) in [7, 11) is 0. The van der Waals surface area contributed by atoms with Crippen LogP contribution in [0.15, 0.2) is 22.8 Å². The maximum absolute atomic E-state index is 11.4. The Bertz CT molecular complexity index is 363. The monoisotopic (exact) mass is 269 g/mol. The number of aromatic nitrogens is 1. The van der Waals surface area contributed by atoms with E-state index in [2.05, 4.69) is 20.9 Å². The van der Waals surface area contributed by atoms with Crippen LogP contribution in [-0.2, 0) is 9.53 Å². The first kappa shape index (κ1) is 10.6. The lowest BCUT2D eigenvalue weighted by Crippen LogP contribution is -2.07. The van der Waals surface area contributed by atoms with Crippen LogP contribution in [0.1, 0.15) is 25.0 Å². The summed E-state index contributed by atoms with van der Waals surface area (Å²) in [4.78, 5) is 15.7. The molecule has 4 heteroatoms. The molecule has 0 spiro atoms. The van der Waals surface area contributed by atoms with Crippen molar-refractivity contribution < 1.29 is 9.53 Å². The number of rotatable bonds is 3. The first-order valence-electron chi connectivity index (χ1n) is 5.00. The molecule has 1 aromatic rings. The summed E-state index contributed by atoms with van der Waals surface area (Å²) in [6.07, 6.45) is 2.63.